The van der Waals surface area contributed by atoms with E-state index in [1.807, 2.05) is 0 Å². The molecule has 0 spiro atoms. The maximum Gasteiger partial charge on any atom is 0.692 e. The maximum absolute atomic E-state index is 8.70. The van der Waals surface area contributed by atoms with Crippen molar-refractivity contribution in [2.75, 3.05) is 5.34 Å². The summed E-state index contributed by atoms with van der Waals surface area (Å²) in [6.45, 7) is 0. The zero-order chi connectivity index (χ0) is 6.28. The zero-order valence-electron chi connectivity index (χ0n) is 4.03. The minimum absolute atomic E-state index is 0. The molecule has 0 atom stereocenters. The van der Waals surface area contributed by atoms with Crippen molar-refractivity contribution in [2.45, 2.75) is 0 Å². The molecule has 0 radical (unpaired) electrons. The van der Waals surface area contributed by atoms with Crippen LogP contribution < -0.4 is 0 Å². The molecule has 2 N–H and O–H groups in total. The summed E-state index contributed by atoms with van der Waals surface area (Å²) in [7, 11) is -2.87. The van der Waals surface area contributed by atoms with Crippen LogP contribution in [0.25, 0.3) is 0 Å². The normalized spacial score (nSPS) is 4.89. The molecule has 0 bridgehead atoms. The minimum atomic E-state index is -2.87. The zero-order valence-corrected chi connectivity index (χ0v) is 8.07. The summed E-state index contributed by atoms with van der Waals surface area (Å²) < 4.78 is 8.70. The third-order valence-corrected chi connectivity index (χ3v) is 0. The monoisotopic (exact) mass is 237 g/mol. The van der Waals surface area contributed by atoms with E-state index in [0.29, 0.717) is 0 Å². The lowest BCUT2D eigenvalue weighted by molar-refractivity contribution is 0.405. The fourth-order valence-electron chi connectivity index (χ4n) is 0. The largest absolute Gasteiger partial charge is 0.692 e. The van der Waals surface area contributed by atoms with Crippen LogP contribution in [0.5, 0.6) is 0 Å². The Bertz CT molecular complexity index is 47.1. The second-order valence-electron chi connectivity index (χ2n) is 0.354. The van der Waals surface area contributed by atoms with Crippen LogP contribution in [0, 0.1) is 0 Å². The molecule has 0 heterocycles. The van der Waals surface area contributed by atoms with E-state index in [0.717, 1.165) is 0 Å². The molecule has 0 aliphatic heterocycles. The van der Waals surface area contributed by atoms with Gasteiger partial charge in [0.2, 0.25) is 0 Å². The van der Waals surface area contributed by atoms with Gasteiger partial charge in [-0.05, 0) is 0 Å². The highest BCUT2D eigenvalue weighted by atomic mass is 35.5. The summed E-state index contributed by atoms with van der Waals surface area (Å²) in [4.78, 5) is 14.2. The van der Waals surface area contributed by atoms with Crippen molar-refractivity contribution >= 4 is 56.3 Å². The lowest BCUT2D eigenvalue weighted by atomic mass is 11.9. The first-order chi connectivity index (χ1) is 3.15. The molecule has 0 aliphatic carbocycles. The Labute approximate surface area is 76.1 Å². The van der Waals surface area contributed by atoms with Crippen molar-refractivity contribution in [1.29, 1.82) is 0 Å². The molecule has 0 saturated carbocycles. The first-order valence-corrected chi connectivity index (χ1v) is 3.35. The summed E-state index contributed by atoms with van der Waals surface area (Å²) in [6.07, 6.45) is 0. The molecule has 0 aliphatic rings. The van der Waals surface area contributed by atoms with Gasteiger partial charge in [0.1, 0.15) is 0 Å². The highest BCUT2D eigenvalue weighted by molar-refractivity contribution is 7.30. The SMILES string of the molecule is Cl.Cl.ClCCl.O=[P+](O)O. The van der Waals surface area contributed by atoms with Crippen molar-refractivity contribution in [3.8, 4) is 0 Å². The number of hydrogen-bond acceptors (Lipinski definition) is 1. The van der Waals surface area contributed by atoms with Crippen LogP contribution in [0.3, 0.4) is 0 Å². The fourth-order valence-corrected chi connectivity index (χ4v) is 0. The lowest BCUT2D eigenvalue weighted by Crippen LogP contribution is -1.38. The van der Waals surface area contributed by atoms with E-state index in [1.54, 1.807) is 0 Å². The Morgan fingerprint density at radius 1 is 1.22 bits per heavy atom. The predicted molar refractivity (Wildman–Crippen MR) is 43.1 cm³/mol. The van der Waals surface area contributed by atoms with Gasteiger partial charge in [0.15, 0.2) is 0 Å². The summed E-state index contributed by atoms with van der Waals surface area (Å²) in [5, 5.41) is 0.194. The van der Waals surface area contributed by atoms with Crippen LogP contribution in [0.15, 0.2) is 0 Å². The molecule has 0 unspecified atom stereocenters. The average Bonchev–Trinajstić information content (AvgIpc) is 1.33. The standard InChI is InChI=1S/CH2Cl2.2ClH.HO3P/c2-1-3;;;1-4(2)3/h1H2;2*1H;(H-,1,2,3)/p+1. The van der Waals surface area contributed by atoms with E-state index in [1.165, 1.54) is 0 Å². The van der Waals surface area contributed by atoms with E-state index >= 15 is 0 Å². The second kappa shape index (κ2) is 22.9. The molecule has 3 nitrogen and oxygen atoms in total. The quantitative estimate of drug-likeness (QED) is 0.501. The van der Waals surface area contributed by atoms with Gasteiger partial charge in [-0.15, -0.1) is 57.8 Å². The molecular weight excluding hydrogens is 233 g/mol. The molecule has 0 aromatic carbocycles. The van der Waals surface area contributed by atoms with E-state index in [2.05, 4.69) is 0 Å². The Balaban J connectivity index is -0.0000000233. The maximum atomic E-state index is 8.70. The topological polar surface area (TPSA) is 57.5 Å². The third-order valence-electron chi connectivity index (χ3n) is 0. The fraction of sp³-hybridized carbons (Fsp3) is 1.00. The van der Waals surface area contributed by atoms with Gasteiger partial charge < -0.3 is 0 Å². The van der Waals surface area contributed by atoms with E-state index < -0.39 is 8.25 Å². The van der Waals surface area contributed by atoms with Crippen molar-refractivity contribution in [3.05, 3.63) is 0 Å². The van der Waals surface area contributed by atoms with E-state index in [4.69, 9.17) is 37.6 Å². The summed E-state index contributed by atoms with van der Waals surface area (Å²) in [5.74, 6) is 0. The van der Waals surface area contributed by atoms with Crippen LogP contribution >= 0.6 is 56.3 Å². The highest BCUT2D eigenvalue weighted by Crippen LogP contribution is 1.98. The van der Waals surface area contributed by atoms with Gasteiger partial charge in [0.25, 0.3) is 0 Å². The minimum Gasteiger partial charge on any atom is -0.147 e. The first-order valence-electron chi connectivity index (χ1n) is 1.12. The van der Waals surface area contributed by atoms with Crippen molar-refractivity contribution in [2.24, 2.45) is 0 Å². The Kier molecular flexibility index (Phi) is 57.1. The van der Waals surface area contributed by atoms with Gasteiger partial charge in [-0.2, -0.15) is 0 Å². The molecule has 0 saturated heterocycles. The Hall–Kier alpha value is 1.18. The van der Waals surface area contributed by atoms with Crippen LogP contribution in [0.1, 0.15) is 0 Å². The van der Waals surface area contributed by atoms with Crippen molar-refractivity contribution in [1.82, 2.24) is 0 Å². The molecule has 0 amide bonds. The number of rotatable bonds is 0. The lowest BCUT2D eigenvalue weighted by Gasteiger charge is -1.42. The molecule has 8 heteroatoms. The van der Waals surface area contributed by atoms with Crippen LogP contribution in [-0.2, 0) is 4.57 Å². The second-order valence-corrected chi connectivity index (χ2v) is 1.67. The Morgan fingerprint density at radius 3 is 1.22 bits per heavy atom. The number of halogens is 4. The third kappa shape index (κ3) is 340. The van der Waals surface area contributed by atoms with Gasteiger partial charge in [-0.25, -0.2) is 0 Å². The number of alkyl halides is 2. The molecular formula is CH6Cl4O3P+. The van der Waals surface area contributed by atoms with Crippen LogP contribution in [0.2, 0.25) is 0 Å². The van der Waals surface area contributed by atoms with Gasteiger partial charge in [0, 0.05) is 4.57 Å². The molecule has 9 heavy (non-hydrogen) atoms. The highest BCUT2D eigenvalue weighted by Gasteiger charge is 1.93. The summed E-state index contributed by atoms with van der Waals surface area (Å²) >= 11 is 9.53. The molecule has 0 fully saturated rings. The van der Waals surface area contributed by atoms with Gasteiger partial charge in [-0.3, -0.25) is 0 Å². The van der Waals surface area contributed by atoms with Gasteiger partial charge in [0.05, 0.1) is 5.34 Å². The average molecular weight is 239 g/mol. The molecule has 0 aromatic heterocycles. The smallest absolute Gasteiger partial charge is 0.147 e. The van der Waals surface area contributed by atoms with Crippen molar-refractivity contribution < 1.29 is 14.4 Å². The molecule has 0 rings (SSSR count). The van der Waals surface area contributed by atoms with Gasteiger partial charge in [-0.1, -0.05) is 0 Å². The predicted octanol–water partition coefficient (Wildman–Crippen LogP) is 1.89. The number of hydrogen-bond donors (Lipinski definition) is 2. The van der Waals surface area contributed by atoms with Crippen LogP contribution in [-0.4, -0.2) is 15.1 Å². The molecule has 0 aromatic rings. The van der Waals surface area contributed by atoms with Gasteiger partial charge >= 0.3 is 8.25 Å². The van der Waals surface area contributed by atoms with E-state index in [9.17, 15) is 0 Å². The Morgan fingerprint density at radius 2 is 1.22 bits per heavy atom. The van der Waals surface area contributed by atoms with E-state index in [-0.39, 0.29) is 30.2 Å². The molecule has 60 valence electrons. The van der Waals surface area contributed by atoms with Crippen molar-refractivity contribution in [3.63, 3.8) is 0 Å². The summed E-state index contributed by atoms with van der Waals surface area (Å²) in [6, 6.07) is 0. The van der Waals surface area contributed by atoms with Crippen LogP contribution in [0.4, 0.5) is 0 Å². The first kappa shape index (κ1) is 22.5. The summed E-state index contributed by atoms with van der Waals surface area (Å²) in [5.41, 5.74) is 0.